The van der Waals surface area contributed by atoms with Crippen molar-refractivity contribution in [1.29, 1.82) is 0 Å². The van der Waals surface area contributed by atoms with Gasteiger partial charge in [0.2, 0.25) is 5.91 Å². The van der Waals surface area contributed by atoms with Crippen LogP contribution in [0.2, 0.25) is 0 Å². The lowest BCUT2D eigenvalue weighted by molar-refractivity contribution is -0.133. The molecule has 0 saturated carbocycles. The lowest BCUT2D eigenvalue weighted by Gasteiger charge is -2.38. The predicted molar refractivity (Wildman–Crippen MR) is 90.4 cm³/mol. The van der Waals surface area contributed by atoms with Crippen LogP contribution in [0.25, 0.3) is 0 Å². The van der Waals surface area contributed by atoms with Crippen LogP contribution in [0.4, 0.5) is 0 Å². The van der Waals surface area contributed by atoms with Crippen molar-refractivity contribution in [2.45, 2.75) is 52.5 Å². The van der Waals surface area contributed by atoms with Crippen LogP contribution in [0.1, 0.15) is 49.6 Å². The van der Waals surface area contributed by atoms with Crippen molar-refractivity contribution in [3.63, 3.8) is 0 Å². The highest BCUT2D eigenvalue weighted by Crippen LogP contribution is 2.25. The summed E-state index contributed by atoms with van der Waals surface area (Å²) in [4.78, 5) is 16.8. The van der Waals surface area contributed by atoms with Crippen molar-refractivity contribution in [2.75, 3.05) is 32.8 Å². The minimum absolute atomic E-state index is 0.181. The van der Waals surface area contributed by atoms with Crippen molar-refractivity contribution < 1.29 is 9.90 Å². The van der Waals surface area contributed by atoms with E-state index >= 15 is 0 Å². The number of carbonyl (C=O) groups excluding carboxylic acids is 1. The zero-order valence-corrected chi connectivity index (χ0v) is 14.8. The molecule has 1 aliphatic rings. The lowest BCUT2D eigenvalue weighted by atomic mass is 9.95. The molecule has 1 fully saturated rings. The van der Waals surface area contributed by atoms with Crippen LogP contribution in [0.3, 0.4) is 0 Å². The molecule has 2 rings (SSSR count). The van der Waals surface area contributed by atoms with E-state index in [4.69, 9.17) is 0 Å². The van der Waals surface area contributed by atoms with Gasteiger partial charge in [-0.15, -0.1) is 0 Å². The molecule has 130 valence electrons. The fourth-order valence-electron chi connectivity index (χ4n) is 3.62. The fraction of sp³-hybridized carbons (Fsp3) is 0.765. The summed E-state index contributed by atoms with van der Waals surface area (Å²) in [5.74, 6) is 0.398. The summed E-state index contributed by atoms with van der Waals surface area (Å²) in [7, 11) is 0. The van der Waals surface area contributed by atoms with Crippen LogP contribution in [0, 0.1) is 13.8 Å². The first-order chi connectivity index (χ1) is 11.0. The minimum Gasteiger partial charge on any atom is -0.395 e. The number of aryl methyl sites for hydroxylation is 2. The first-order valence-corrected chi connectivity index (χ1v) is 8.62. The van der Waals surface area contributed by atoms with Gasteiger partial charge >= 0.3 is 0 Å². The van der Waals surface area contributed by atoms with E-state index < -0.39 is 0 Å². The Bertz CT molecular complexity index is 497. The van der Waals surface area contributed by atoms with Crippen LogP contribution >= 0.6 is 0 Å². The quantitative estimate of drug-likeness (QED) is 0.831. The normalized spacial score (nSPS) is 18.9. The fourth-order valence-corrected chi connectivity index (χ4v) is 3.62. The summed E-state index contributed by atoms with van der Waals surface area (Å²) in [5.41, 5.74) is 3.21. The van der Waals surface area contributed by atoms with Crippen LogP contribution in [0.15, 0.2) is 0 Å². The van der Waals surface area contributed by atoms with Gasteiger partial charge in [-0.2, -0.15) is 5.10 Å². The number of hydrogen-bond acceptors (Lipinski definition) is 4. The van der Waals surface area contributed by atoms with Crippen LogP contribution in [-0.4, -0.2) is 69.8 Å². The number of amides is 1. The molecular weight excluding hydrogens is 292 g/mol. The number of aromatic nitrogens is 2. The molecule has 0 spiro atoms. The molecule has 1 amide bonds. The standard InChI is InChI=1S/C17H30N4O2/c1-5-15(11-22)20-6-8-21(9-7-20)16(23)10-12(2)17-13(3)18-19-14(17)4/h12,15,22H,5-11H2,1-4H3,(H,18,19). The zero-order chi connectivity index (χ0) is 17.0. The van der Waals surface area contributed by atoms with E-state index in [-0.39, 0.29) is 24.5 Å². The third kappa shape index (κ3) is 4.12. The first-order valence-electron chi connectivity index (χ1n) is 8.62. The van der Waals surface area contributed by atoms with Gasteiger partial charge in [0.05, 0.1) is 12.3 Å². The molecule has 0 aromatic carbocycles. The molecule has 2 atom stereocenters. The zero-order valence-electron chi connectivity index (χ0n) is 14.8. The molecule has 2 heterocycles. The van der Waals surface area contributed by atoms with Crippen molar-refractivity contribution in [3.05, 3.63) is 17.0 Å². The number of nitrogens with zero attached hydrogens (tertiary/aromatic N) is 3. The number of rotatable bonds is 6. The number of carbonyl (C=O) groups is 1. The topological polar surface area (TPSA) is 72.5 Å². The van der Waals surface area contributed by atoms with Crippen molar-refractivity contribution >= 4 is 5.91 Å². The smallest absolute Gasteiger partial charge is 0.223 e. The van der Waals surface area contributed by atoms with E-state index in [9.17, 15) is 9.90 Å². The van der Waals surface area contributed by atoms with Gasteiger partial charge in [0.25, 0.3) is 0 Å². The molecule has 6 heteroatoms. The van der Waals surface area contributed by atoms with Crippen molar-refractivity contribution in [3.8, 4) is 0 Å². The third-order valence-corrected chi connectivity index (χ3v) is 5.02. The minimum atomic E-state index is 0.181. The number of nitrogens with one attached hydrogen (secondary N) is 1. The number of aliphatic hydroxyl groups is 1. The Morgan fingerprint density at radius 3 is 2.43 bits per heavy atom. The summed E-state index contributed by atoms with van der Waals surface area (Å²) >= 11 is 0. The molecule has 2 N–H and O–H groups in total. The number of aliphatic hydroxyl groups excluding tert-OH is 1. The Labute approximate surface area is 138 Å². The Morgan fingerprint density at radius 2 is 1.96 bits per heavy atom. The second-order valence-electron chi connectivity index (χ2n) is 6.61. The van der Waals surface area contributed by atoms with Gasteiger partial charge in [-0.3, -0.25) is 14.8 Å². The maximum atomic E-state index is 12.6. The first kappa shape index (κ1) is 17.9. The van der Waals surface area contributed by atoms with Gasteiger partial charge in [-0.05, 0) is 31.7 Å². The number of hydrogen-bond donors (Lipinski definition) is 2. The number of H-pyrrole nitrogens is 1. The molecule has 2 unspecified atom stereocenters. The van der Waals surface area contributed by atoms with E-state index in [0.29, 0.717) is 6.42 Å². The summed E-state index contributed by atoms with van der Waals surface area (Å²) in [6, 6.07) is 0.224. The average molecular weight is 322 g/mol. The summed E-state index contributed by atoms with van der Waals surface area (Å²) in [5, 5.41) is 16.6. The molecule has 1 aromatic rings. The maximum Gasteiger partial charge on any atom is 0.223 e. The maximum absolute atomic E-state index is 12.6. The van der Waals surface area contributed by atoms with Gasteiger partial charge < -0.3 is 10.0 Å². The average Bonchev–Trinajstić information content (AvgIpc) is 2.88. The second-order valence-corrected chi connectivity index (χ2v) is 6.61. The molecule has 0 bridgehead atoms. The second kappa shape index (κ2) is 7.93. The van der Waals surface area contributed by atoms with E-state index in [1.807, 2.05) is 18.7 Å². The van der Waals surface area contributed by atoms with Crippen molar-refractivity contribution in [2.24, 2.45) is 0 Å². The molecule has 1 aliphatic heterocycles. The lowest BCUT2D eigenvalue weighted by Crippen LogP contribution is -2.52. The van der Waals surface area contributed by atoms with Gasteiger partial charge in [0.15, 0.2) is 0 Å². The molecule has 0 radical (unpaired) electrons. The molecule has 1 aromatic heterocycles. The van der Waals surface area contributed by atoms with Crippen LogP contribution in [0.5, 0.6) is 0 Å². The molecule has 6 nitrogen and oxygen atoms in total. The number of aromatic amines is 1. The summed E-state index contributed by atoms with van der Waals surface area (Å²) in [6.45, 7) is 11.6. The predicted octanol–water partition coefficient (Wildman–Crippen LogP) is 1.44. The van der Waals surface area contributed by atoms with Crippen molar-refractivity contribution in [1.82, 2.24) is 20.0 Å². The van der Waals surface area contributed by atoms with Gasteiger partial charge in [0, 0.05) is 44.3 Å². The van der Waals surface area contributed by atoms with Crippen LogP contribution < -0.4 is 0 Å². The van der Waals surface area contributed by atoms with E-state index in [2.05, 4.69) is 28.9 Å². The Morgan fingerprint density at radius 1 is 1.30 bits per heavy atom. The monoisotopic (exact) mass is 322 g/mol. The molecule has 23 heavy (non-hydrogen) atoms. The number of piperazine rings is 1. The third-order valence-electron chi connectivity index (χ3n) is 5.02. The molecule has 0 aliphatic carbocycles. The van der Waals surface area contributed by atoms with Gasteiger partial charge in [-0.1, -0.05) is 13.8 Å². The highest BCUT2D eigenvalue weighted by Gasteiger charge is 2.26. The van der Waals surface area contributed by atoms with E-state index in [1.165, 1.54) is 5.56 Å². The largest absolute Gasteiger partial charge is 0.395 e. The molecule has 1 saturated heterocycles. The summed E-state index contributed by atoms with van der Waals surface area (Å²) < 4.78 is 0. The Kier molecular flexibility index (Phi) is 6.18. The van der Waals surface area contributed by atoms with Gasteiger partial charge in [0.1, 0.15) is 0 Å². The highest BCUT2D eigenvalue weighted by molar-refractivity contribution is 5.77. The highest BCUT2D eigenvalue weighted by atomic mass is 16.3. The SMILES string of the molecule is CCC(CO)N1CCN(C(=O)CC(C)c2c(C)n[nH]c2C)CC1. The summed E-state index contributed by atoms with van der Waals surface area (Å²) in [6.07, 6.45) is 1.47. The van der Waals surface area contributed by atoms with Gasteiger partial charge in [-0.25, -0.2) is 0 Å². The van der Waals surface area contributed by atoms with Crippen LogP contribution in [-0.2, 0) is 4.79 Å². The molecular formula is C17H30N4O2. The van der Waals surface area contributed by atoms with E-state index in [0.717, 1.165) is 44.0 Å². The van der Waals surface area contributed by atoms with E-state index in [1.54, 1.807) is 0 Å². The Hall–Kier alpha value is -1.40. The Balaban J connectivity index is 1.88.